The van der Waals surface area contributed by atoms with Gasteiger partial charge >= 0.3 is 0 Å². The largest absolute Gasteiger partial charge is 0.382 e. The van der Waals surface area contributed by atoms with E-state index in [9.17, 15) is 0 Å². The summed E-state index contributed by atoms with van der Waals surface area (Å²) in [6.45, 7) is 7.53. The molecule has 2 heterocycles. The standard InChI is InChI=1S/C10H20N2O/c1-2-13-5-3-4-12-8-9-6-10(12)7-11-9/h9-11H,2-8H2,1H3. The number of ether oxygens (including phenoxy) is 1. The highest BCUT2D eigenvalue weighted by Crippen LogP contribution is 2.22. The maximum Gasteiger partial charge on any atom is 0.0478 e. The van der Waals surface area contributed by atoms with Crippen molar-refractivity contribution in [2.75, 3.05) is 32.8 Å². The number of rotatable bonds is 5. The third kappa shape index (κ3) is 2.22. The monoisotopic (exact) mass is 184 g/mol. The van der Waals surface area contributed by atoms with Gasteiger partial charge in [0.2, 0.25) is 0 Å². The first kappa shape index (κ1) is 9.44. The average Bonchev–Trinajstić information content (AvgIpc) is 2.73. The molecular formula is C10H20N2O. The zero-order valence-electron chi connectivity index (χ0n) is 8.46. The third-order valence-corrected chi connectivity index (χ3v) is 3.11. The van der Waals surface area contributed by atoms with E-state index in [1.165, 1.54) is 32.5 Å². The van der Waals surface area contributed by atoms with Crippen LogP contribution in [0.25, 0.3) is 0 Å². The van der Waals surface area contributed by atoms with Crippen LogP contribution >= 0.6 is 0 Å². The van der Waals surface area contributed by atoms with Crippen molar-refractivity contribution in [3.05, 3.63) is 0 Å². The number of piperazine rings is 1. The molecule has 0 spiro atoms. The highest BCUT2D eigenvalue weighted by atomic mass is 16.5. The second-order valence-electron chi connectivity index (χ2n) is 4.04. The third-order valence-electron chi connectivity index (χ3n) is 3.11. The summed E-state index contributed by atoms with van der Waals surface area (Å²) >= 11 is 0. The number of nitrogens with zero attached hydrogens (tertiary/aromatic N) is 1. The van der Waals surface area contributed by atoms with E-state index < -0.39 is 0 Å². The lowest BCUT2D eigenvalue weighted by Gasteiger charge is -2.26. The lowest BCUT2D eigenvalue weighted by atomic mass is 10.2. The molecule has 2 rings (SSSR count). The fraction of sp³-hybridized carbons (Fsp3) is 1.00. The quantitative estimate of drug-likeness (QED) is 0.628. The van der Waals surface area contributed by atoms with Gasteiger partial charge in [-0.3, -0.25) is 4.90 Å². The van der Waals surface area contributed by atoms with Crippen molar-refractivity contribution in [3.63, 3.8) is 0 Å². The number of hydrogen-bond acceptors (Lipinski definition) is 3. The van der Waals surface area contributed by atoms with E-state index in [-0.39, 0.29) is 0 Å². The highest BCUT2D eigenvalue weighted by Gasteiger charge is 2.36. The van der Waals surface area contributed by atoms with Crippen molar-refractivity contribution in [2.45, 2.75) is 31.8 Å². The van der Waals surface area contributed by atoms with E-state index in [4.69, 9.17) is 4.74 Å². The van der Waals surface area contributed by atoms with Crippen LogP contribution in [0.3, 0.4) is 0 Å². The fourth-order valence-electron chi connectivity index (χ4n) is 2.44. The number of fused-ring (bicyclic) bond motifs is 2. The van der Waals surface area contributed by atoms with E-state index in [0.717, 1.165) is 25.3 Å². The molecule has 76 valence electrons. The van der Waals surface area contributed by atoms with Crippen LogP contribution in [-0.2, 0) is 4.74 Å². The molecule has 0 saturated carbocycles. The van der Waals surface area contributed by atoms with Crippen LogP contribution in [0.5, 0.6) is 0 Å². The Morgan fingerprint density at radius 2 is 2.46 bits per heavy atom. The Bertz CT molecular complexity index is 163. The second kappa shape index (κ2) is 4.40. The van der Waals surface area contributed by atoms with Crippen LogP contribution in [-0.4, -0.2) is 49.8 Å². The van der Waals surface area contributed by atoms with Gasteiger partial charge in [-0.05, 0) is 19.8 Å². The number of nitrogens with one attached hydrogen (secondary N) is 1. The molecule has 2 aliphatic rings. The molecule has 13 heavy (non-hydrogen) atoms. The van der Waals surface area contributed by atoms with Crippen molar-refractivity contribution in [2.24, 2.45) is 0 Å². The first-order valence-corrected chi connectivity index (χ1v) is 5.45. The Balaban J connectivity index is 1.60. The predicted octanol–water partition coefficient (Wildman–Crippen LogP) is 0.459. The van der Waals surface area contributed by atoms with Crippen molar-refractivity contribution in [1.82, 2.24) is 10.2 Å². The van der Waals surface area contributed by atoms with Crippen LogP contribution in [0.1, 0.15) is 19.8 Å². The second-order valence-corrected chi connectivity index (χ2v) is 4.04. The topological polar surface area (TPSA) is 24.5 Å². The molecule has 0 radical (unpaired) electrons. The van der Waals surface area contributed by atoms with Crippen LogP contribution in [0, 0.1) is 0 Å². The minimum atomic E-state index is 0.789. The van der Waals surface area contributed by atoms with Crippen LogP contribution in [0.4, 0.5) is 0 Å². The first-order valence-electron chi connectivity index (χ1n) is 5.45. The summed E-state index contributed by atoms with van der Waals surface area (Å²) in [6, 6.07) is 1.61. The van der Waals surface area contributed by atoms with E-state index in [0.29, 0.717) is 0 Å². The van der Waals surface area contributed by atoms with E-state index in [1.54, 1.807) is 0 Å². The van der Waals surface area contributed by atoms with Gasteiger partial charge in [0.25, 0.3) is 0 Å². The summed E-state index contributed by atoms with van der Waals surface area (Å²) in [5, 5.41) is 3.51. The Labute approximate surface area is 80.4 Å². The summed E-state index contributed by atoms with van der Waals surface area (Å²) in [4.78, 5) is 2.61. The van der Waals surface area contributed by atoms with Crippen molar-refractivity contribution < 1.29 is 4.74 Å². The Hall–Kier alpha value is -0.120. The highest BCUT2D eigenvalue weighted by molar-refractivity contribution is 4.96. The van der Waals surface area contributed by atoms with E-state index in [1.807, 2.05) is 0 Å². The molecule has 0 aromatic carbocycles. The minimum Gasteiger partial charge on any atom is -0.382 e. The maximum absolute atomic E-state index is 5.33. The van der Waals surface area contributed by atoms with Crippen LogP contribution < -0.4 is 5.32 Å². The Kier molecular flexibility index (Phi) is 3.19. The van der Waals surface area contributed by atoms with Gasteiger partial charge in [0.1, 0.15) is 0 Å². The number of likely N-dealkylation sites (tertiary alicyclic amines) is 1. The predicted molar refractivity (Wildman–Crippen MR) is 52.9 cm³/mol. The fourth-order valence-corrected chi connectivity index (χ4v) is 2.44. The molecule has 1 N–H and O–H groups in total. The molecule has 2 unspecified atom stereocenters. The molecule has 0 amide bonds. The van der Waals surface area contributed by atoms with Crippen molar-refractivity contribution in [3.8, 4) is 0 Å². The molecule has 3 heteroatoms. The minimum absolute atomic E-state index is 0.789. The maximum atomic E-state index is 5.33. The molecule has 2 fully saturated rings. The molecule has 0 aromatic rings. The van der Waals surface area contributed by atoms with Gasteiger partial charge in [-0.15, -0.1) is 0 Å². The van der Waals surface area contributed by atoms with Gasteiger partial charge in [0.05, 0.1) is 0 Å². The lowest BCUT2D eigenvalue weighted by molar-refractivity contribution is 0.126. The Morgan fingerprint density at radius 1 is 1.54 bits per heavy atom. The SMILES string of the molecule is CCOCCCN1CC2CC1CN2. The molecule has 2 bridgehead atoms. The summed E-state index contributed by atoms with van der Waals surface area (Å²) in [5.41, 5.74) is 0. The summed E-state index contributed by atoms with van der Waals surface area (Å²) < 4.78 is 5.33. The molecule has 2 aliphatic heterocycles. The smallest absolute Gasteiger partial charge is 0.0478 e. The molecule has 0 aliphatic carbocycles. The lowest BCUT2D eigenvalue weighted by Crippen LogP contribution is -2.44. The van der Waals surface area contributed by atoms with Crippen molar-refractivity contribution >= 4 is 0 Å². The molecule has 2 atom stereocenters. The summed E-state index contributed by atoms with van der Waals surface area (Å²) in [5.74, 6) is 0. The van der Waals surface area contributed by atoms with E-state index in [2.05, 4.69) is 17.1 Å². The van der Waals surface area contributed by atoms with E-state index >= 15 is 0 Å². The average molecular weight is 184 g/mol. The number of hydrogen-bond donors (Lipinski definition) is 1. The zero-order chi connectivity index (χ0) is 9.10. The molecule has 2 saturated heterocycles. The molecule has 0 aromatic heterocycles. The Morgan fingerprint density at radius 3 is 3.08 bits per heavy atom. The van der Waals surface area contributed by atoms with Gasteiger partial charge in [-0.25, -0.2) is 0 Å². The van der Waals surface area contributed by atoms with Crippen LogP contribution in [0.2, 0.25) is 0 Å². The normalized spacial score (nSPS) is 33.0. The first-order chi connectivity index (χ1) is 6.40. The van der Waals surface area contributed by atoms with Gasteiger partial charge in [-0.2, -0.15) is 0 Å². The molecular weight excluding hydrogens is 164 g/mol. The van der Waals surface area contributed by atoms with Crippen LogP contribution in [0.15, 0.2) is 0 Å². The summed E-state index contributed by atoms with van der Waals surface area (Å²) in [6.07, 6.45) is 2.56. The van der Waals surface area contributed by atoms with Gasteiger partial charge in [0, 0.05) is 44.9 Å². The van der Waals surface area contributed by atoms with Gasteiger partial charge < -0.3 is 10.1 Å². The zero-order valence-corrected chi connectivity index (χ0v) is 8.46. The molecule has 3 nitrogen and oxygen atoms in total. The summed E-state index contributed by atoms with van der Waals surface area (Å²) in [7, 11) is 0. The van der Waals surface area contributed by atoms with Gasteiger partial charge in [-0.1, -0.05) is 0 Å². The van der Waals surface area contributed by atoms with Crippen molar-refractivity contribution in [1.29, 1.82) is 0 Å². The van der Waals surface area contributed by atoms with Gasteiger partial charge in [0.15, 0.2) is 0 Å².